The predicted molar refractivity (Wildman–Crippen MR) is 61.3 cm³/mol. The van der Waals surface area contributed by atoms with Gasteiger partial charge in [0, 0.05) is 18.0 Å². The van der Waals surface area contributed by atoms with E-state index >= 15 is 0 Å². The molecule has 1 N–H and O–H groups in total. The molecule has 1 fully saturated rings. The highest BCUT2D eigenvalue weighted by Crippen LogP contribution is 2.25. The molecule has 2 atom stereocenters. The van der Waals surface area contributed by atoms with Gasteiger partial charge in [0.1, 0.15) is 5.82 Å². The van der Waals surface area contributed by atoms with Crippen LogP contribution in [0.5, 0.6) is 0 Å². The fourth-order valence-electron chi connectivity index (χ4n) is 2.05. The monoisotopic (exact) mass is 241 g/mol. The van der Waals surface area contributed by atoms with E-state index in [1.54, 1.807) is 0 Å². The van der Waals surface area contributed by atoms with Crippen molar-refractivity contribution in [3.05, 3.63) is 34.6 Å². The van der Waals surface area contributed by atoms with Gasteiger partial charge in [0.15, 0.2) is 5.78 Å². The summed E-state index contributed by atoms with van der Waals surface area (Å²) in [7, 11) is 0. The second-order valence-corrected chi connectivity index (χ2v) is 4.64. The van der Waals surface area contributed by atoms with E-state index in [0.717, 1.165) is 6.54 Å². The van der Waals surface area contributed by atoms with Crippen LogP contribution in [0.4, 0.5) is 4.39 Å². The first-order valence-corrected chi connectivity index (χ1v) is 5.67. The van der Waals surface area contributed by atoms with Crippen LogP contribution in [0.2, 0.25) is 5.02 Å². The first kappa shape index (κ1) is 11.6. The maximum Gasteiger partial charge on any atom is 0.169 e. The number of carbonyl (C=O) groups is 1. The highest BCUT2D eigenvalue weighted by molar-refractivity contribution is 6.34. The maximum atomic E-state index is 13.1. The van der Waals surface area contributed by atoms with Crippen LogP contribution in [0.15, 0.2) is 18.2 Å². The van der Waals surface area contributed by atoms with E-state index in [1.165, 1.54) is 18.2 Å². The average molecular weight is 242 g/mol. The first-order chi connectivity index (χ1) is 7.59. The van der Waals surface area contributed by atoms with Gasteiger partial charge in [-0.1, -0.05) is 18.5 Å². The normalized spacial score (nSPS) is 24.7. The van der Waals surface area contributed by atoms with Crippen molar-refractivity contribution in [3.8, 4) is 0 Å². The second-order valence-electron chi connectivity index (χ2n) is 4.23. The molecule has 2 nitrogen and oxygen atoms in total. The number of benzene rings is 1. The quantitative estimate of drug-likeness (QED) is 0.807. The van der Waals surface area contributed by atoms with E-state index in [2.05, 4.69) is 5.32 Å². The van der Waals surface area contributed by atoms with Gasteiger partial charge in [-0.15, -0.1) is 0 Å². The van der Waals surface area contributed by atoms with E-state index < -0.39 is 5.82 Å². The van der Waals surface area contributed by atoms with Gasteiger partial charge in [0.25, 0.3) is 0 Å². The highest BCUT2D eigenvalue weighted by atomic mass is 35.5. The van der Waals surface area contributed by atoms with Crippen molar-refractivity contribution >= 4 is 17.4 Å². The zero-order valence-electron chi connectivity index (χ0n) is 8.97. The van der Waals surface area contributed by atoms with E-state index in [-0.39, 0.29) is 17.6 Å². The summed E-state index contributed by atoms with van der Waals surface area (Å²) < 4.78 is 13.1. The van der Waals surface area contributed by atoms with Crippen molar-refractivity contribution < 1.29 is 9.18 Å². The molecule has 0 bridgehead atoms. The summed E-state index contributed by atoms with van der Waals surface area (Å²) in [6.45, 7) is 3.48. The van der Waals surface area contributed by atoms with Crippen LogP contribution in [0.1, 0.15) is 17.3 Å². The fraction of sp³-hybridized carbons (Fsp3) is 0.417. The van der Waals surface area contributed by atoms with Crippen LogP contribution in [0, 0.1) is 17.7 Å². The smallest absolute Gasteiger partial charge is 0.169 e. The summed E-state index contributed by atoms with van der Waals surface area (Å²) in [5.74, 6) is -0.320. The third-order valence-electron chi connectivity index (χ3n) is 3.05. The Morgan fingerprint density at radius 2 is 2.25 bits per heavy atom. The summed E-state index contributed by atoms with van der Waals surface area (Å²) >= 11 is 5.91. The molecule has 1 aromatic carbocycles. The molecule has 1 aliphatic rings. The Hall–Kier alpha value is -0.930. The summed E-state index contributed by atoms with van der Waals surface area (Å²) in [6.07, 6.45) is 0. The van der Waals surface area contributed by atoms with Crippen LogP contribution >= 0.6 is 11.6 Å². The molecule has 2 unspecified atom stereocenters. The molecule has 0 spiro atoms. The third-order valence-corrected chi connectivity index (χ3v) is 3.38. The highest BCUT2D eigenvalue weighted by Gasteiger charge is 2.31. The third kappa shape index (κ3) is 2.11. The van der Waals surface area contributed by atoms with Gasteiger partial charge in [-0.05, 0) is 30.7 Å². The van der Waals surface area contributed by atoms with Crippen molar-refractivity contribution in [1.82, 2.24) is 5.32 Å². The molecule has 1 saturated heterocycles. The maximum absolute atomic E-state index is 13.1. The zero-order chi connectivity index (χ0) is 11.7. The number of hydrogen-bond donors (Lipinski definition) is 1. The molecule has 2 rings (SSSR count). The van der Waals surface area contributed by atoms with E-state index in [9.17, 15) is 9.18 Å². The van der Waals surface area contributed by atoms with Gasteiger partial charge in [0.2, 0.25) is 0 Å². The van der Waals surface area contributed by atoms with Crippen LogP contribution in [0.3, 0.4) is 0 Å². The second kappa shape index (κ2) is 4.52. The number of hydrogen-bond acceptors (Lipinski definition) is 2. The molecule has 1 aromatic rings. The van der Waals surface area contributed by atoms with Gasteiger partial charge < -0.3 is 5.32 Å². The van der Waals surface area contributed by atoms with Crippen LogP contribution < -0.4 is 5.32 Å². The minimum atomic E-state index is -0.425. The minimum absolute atomic E-state index is 0.0676. The standard InChI is InChI=1S/C12H13ClFNO/c1-7-5-15-6-10(7)12(16)9-4-8(14)2-3-11(9)13/h2-4,7,10,15H,5-6H2,1H3. The predicted octanol–water partition coefficient (Wildman–Crippen LogP) is 2.52. The number of carbonyl (C=O) groups excluding carboxylic acids is 1. The Balaban J connectivity index is 2.29. The minimum Gasteiger partial charge on any atom is -0.316 e. The Labute approximate surface area is 98.8 Å². The van der Waals surface area contributed by atoms with Gasteiger partial charge in [-0.2, -0.15) is 0 Å². The van der Waals surface area contributed by atoms with Crippen LogP contribution in [-0.4, -0.2) is 18.9 Å². The number of rotatable bonds is 2. The first-order valence-electron chi connectivity index (χ1n) is 5.29. The van der Waals surface area contributed by atoms with E-state index in [4.69, 9.17) is 11.6 Å². The lowest BCUT2D eigenvalue weighted by atomic mass is 9.90. The van der Waals surface area contributed by atoms with Gasteiger partial charge in [0.05, 0.1) is 5.02 Å². The van der Waals surface area contributed by atoms with Gasteiger partial charge in [-0.3, -0.25) is 4.79 Å². The lowest BCUT2D eigenvalue weighted by molar-refractivity contribution is 0.0907. The average Bonchev–Trinajstić information content (AvgIpc) is 2.67. The summed E-state index contributed by atoms with van der Waals surface area (Å²) in [6, 6.07) is 3.91. The summed E-state index contributed by atoms with van der Waals surface area (Å²) in [4.78, 5) is 12.1. The lowest BCUT2D eigenvalue weighted by Gasteiger charge is -2.13. The topological polar surface area (TPSA) is 29.1 Å². The van der Waals surface area contributed by atoms with Crippen molar-refractivity contribution in [2.75, 3.05) is 13.1 Å². The largest absolute Gasteiger partial charge is 0.316 e. The van der Waals surface area contributed by atoms with Crippen molar-refractivity contribution in [2.24, 2.45) is 11.8 Å². The number of halogens is 2. The van der Waals surface area contributed by atoms with Crippen molar-refractivity contribution in [1.29, 1.82) is 0 Å². The molecule has 0 saturated carbocycles. The molecule has 0 aliphatic carbocycles. The Morgan fingerprint density at radius 1 is 1.50 bits per heavy atom. The lowest BCUT2D eigenvalue weighted by Crippen LogP contribution is -2.21. The number of ketones is 1. The Bertz CT molecular complexity index is 421. The molecular weight excluding hydrogens is 229 g/mol. The van der Waals surface area contributed by atoms with Crippen molar-refractivity contribution in [2.45, 2.75) is 6.92 Å². The summed E-state index contributed by atoms with van der Waals surface area (Å²) in [5.41, 5.74) is 0.294. The molecule has 0 radical (unpaired) electrons. The van der Waals surface area contributed by atoms with Crippen LogP contribution in [-0.2, 0) is 0 Å². The molecule has 86 valence electrons. The van der Waals surface area contributed by atoms with E-state index in [1.807, 2.05) is 6.92 Å². The molecular formula is C12H13ClFNO. The number of Topliss-reactive ketones (excluding diaryl/α,β-unsaturated/α-hetero) is 1. The van der Waals surface area contributed by atoms with Crippen LogP contribution in [0.25, 0.3) is 0 Å². The number of nitrogens with one attached hydrogen (secondary N) is 1. The van der Waals surface area contributed by atoms with E-state index in [0.29, 0.717) is 17.1 Å². The molecule has 0 aromatic heterocycles. The van der Waals surface area contributed by atoms with Gasteiger partial charge in [-0.25, -0.2) is 4.39 Å². The van der Waals surface area contributed by atoms with Gasteiger partial charge >= 0.3 is 0 Å². The Morgan fingerprint density at radius 3 is 2.88 bits per heavy atom. The Kier molecular flexibility index (Phi) is 3.26. The fourth-order valence-corrected chi connectivity index (χ4v) is 2.26. The molecule has 4 heteroatoms. The zero-order valence-corrected chi connectivity index (χ0v) is 9.72. The molecule has 1 aliphatic heterocycles. The summed E-state index contributed by atoms with van der Waals surface area (Å²) in [5, 5.41) is 3.47. The van der Waals surface area contributed by atoms with Crippen molar-refractivity contribution in [3.63, 3.8) is 0 Å². The molecule has 16 heavy (non-hydrogen) atoms. The molecule has 1 heterocycles. The molecule has 0 amide bonds. The SMILES string of the molecule is CC1CNCC1C(=O)c1cc(F)ccc1Cl.